The molecule has 98 valence electrons. The summed E-state index contributed by atoms with van der Waals surface area (Å²) in [5, 5.41) is 12.2. The summed E-state index contributed by atoms with van der Waals surface area (Å²) in [5.74, 6) is 2.41. The number of halogens is 1. The van der Waals surface area contributed by atoms with Crippen molar-refractivity contribution in [2.24, 2.45) is 10.9 Å². The topological polar surface area (TPSA) is 61.8 Å². The van der Waals surface area contributed by atoms with Crippen molar-refractivity contribution in [3.8, 4) is 0 Å². The normalized spacial score (nSPS) is 20.1. The number of hydrogen-bond donors (Lipinski definition) is 2. The number of oxime groups is 1. The zero-order chi connectivity index (χ0) is 13.1. The first-order valence-electron chi connectivity index (χ1n) is 5.71. The van der Waals surface area contributed by atoms with Gasteiger partial charge in [-0.05, 0) is 30.4 Å². The van der Waals surface area contributed by atoms with E-state index in [0.717, 1.165) is 11.4 Å². The molecule has 1 aliphatic heterocycles. The molecule has 1 saturated heterocycles. The predicted octanol–water partition coefficient (Wildman–Crippen LogP) is 2.38. The van der Waals surface area contributed by atoms with E-state index in [1.54, 1.807) is 6.07 Å². The second kappa shape index (κ2) is 5.71. The Morgan fingerprint density at radius 3 is 2.94 bits per heavy atom. The van der Waals surface area contributed by atoms with Crippen LogP contribution in [0.1, 0.15) is 12.0 Å². The minimum Gasteiger partial charge on any atom is -0.409 e. The molecular weight excluding hydrogens is 270 g/mol. The molecule has 2 rings (SSSR count). The summed E-state index contributed by atoms with van der Waals surface area (Å²) in [6.07, 6.45) is 1.18. The molecule has 6 heteroatoms. The van der Waals surface area contributed by atoms with Gasteiger partial charge in [0, 0.05) is 24.4 Å². The van der Waals surface area contributed by atoms with Crippen LogP contribution in [0.4, 0.5) is 5.69 Å². The Kier molecular flexibility index (Phi) is 4.24. The van der Waals surface area contributed by atoms with Crippen LogP contribution in [0.2, 0.25) is 5.02 Å². The van der Waals surface area contributed by atoms with E-state index < -0.39 is 0 Å². The number of nitrogens with two attached hydrogens (primary N) is 1. The molecule has 18 heavy (non-hydrogen) atoms. The molecule has 0 aliphatic carbocycles. The van der Waals surface area contributed by atoms with Crippen LogP contribution in [0.25, 0.3) is 0 Å². The van der Waals surface area contributed by atoms with Crippen molar-refractivity contribution in [2.75, 3.05) is 23.5 Å². The van der Waals surface area contributed by atoms with Gasteiger partial charge >= 0.3 is 0 Å². The molecule has 1 aromatic rings. The third kappa shape index (κ3) is 2.67. The van der Waals surface area contributed by atoms with E-state index in [2.05, 4.69) is 17.1 Å². The molecule has 0 spiro atoms. The fraction of sp³-hybridized carbons (Fsp3) is 0.417. The molecule has 0 bridgehead atoms. The smallest absolute Gasteiger partial charge is 0.170 e. The molecule has 0 amide bonds. The molecule has 3 N–H and O–H groups in total. The maximum Gasteiger partial charge on any atom is 0.170 e. The van der Waals surface area contributed by atoms with Crippen molar-refractivity contribution in [2.45, 2.75) is 12.5 Å². The number of hydrogen-bond acceptors (Lipinski definition) is 4. The van der Waals surface area contributed by atoms with Crippen LogP contribution in [-0.4, -0.2) is 35.6 Å². The molecule has 1 aliphatic rings. The second-order valence-corrected chi connectivity index (χ2v) is 5.84. The zero-order valence-electron chi connectivity index (χ0n) is 10.1. The molecule has 1 fully saturated rings. The van der Waals surface area contributed by atoms with E-state index in [-0.39, 0.29) is 5.84 Å². The van der Waals surface area contributed by atoms with Crippen LogP contribution in [0.5, 0.6) is 0 Å². The molecule has 1 atom stereocenters. The first kappa shape index (κ1) is 13.4. The minimum atomic E-state index is 0.0718. The van der Waals surface area contributed by atoms with Crippen molar-refractivity contribution in [1.29, 1.82) is 0 Å². The standard InChI is InChI=1S/C12H16ClN3OS/c1-16(9-4-5-18-7-9)11-3-2-8(6-10(11)13)12(14)15-17/h2-3,6,9,17H,4-5,7H2,1H3,(H2,14,15). The van der Waals surface area contributed by atoms with E-state index in [0.29, 0.717) is 16.6 Å². The van der Waals surface area contributed by atoms with Crippen LogP contribution in [-0.2, 0) is 0 Å². The largest absolute Gasteiger partial charge is 0.409 e. The van der Waals surface area contributed by atoms with E-state index in [9.17, 15) is 0 Å². The summed E-state index contributed by atoms with van der Waals surface area (Å²) < 4.78 is 0. The quantitative estimate of drug-likeness (QED) is 0.387. The van der Waals surface area contributed by atoms with Crippen LogP contribution in [0.3, 0.4) is 0 Å². The summed E-state index contributed by atoms with van der Waals surface area (Å²) >= 11 is 8.23. The van der Waals surface area contributed by atoms with Crippen LogP contribution in [0, 0.1) is 0 Å². The predicted molar refractivity (Wildman–Crippen MR) is 78.1 cm³/mol. The van der Waals surface area contributed by atoms with Gasteiger partial charge < -0.3 is 15.8 Å². The number of benzene rings is 1. The van der Waals surface area contributed by atoms with Gasteiger partial charge in [-0.25, -0.2) is 0 Å². The van der Waals surface area contributed by atoms with Crippen LogP contribution in [0.15, 0.2) is 23.4 Å². The van der Waals surface area contributed by atoms with E-state index in [1.165, 1.54) is 12.2 Å². The van der Waals surface area contributed by atoms with E-state index >= 15 is 0 Å². The summed E-state index contributed by atoms with van der Waals surface area (Å²) in [7, 11) is 2.06. The van der Waals surface area contributed by atoms with Gasteiger partial charge in [0.05, 0.1) is 10.7 Å². The monoisotopic (exact) mass is 285 g/mol. The average molecular weight is 286 g/mol. The molecule has 0 radical (unpaired) electrons. The lowest BCUT2D eigenvalue weighted by atomic mass is 10.1. The molecule has 1 aromatic carbocycles. The second-order valence-electron chi connectivity index (χ2n) is 4.28. The lowest BCUT2D eigenvalue weighted by Crippen LogP contribution is -2.31. The number of anilines is 1. The molecule has 1 heterocycles. The summed E-state index contributed by atoms with van der Waals surface area (Å²) in [4.78, 5) is 2.21. The third-order valence-electron chi connectivity index (χ3n) is 3.18. The Balaban J connectivity index is 2.23. The fourth-order valence-electron chi connectivity index (χ4n) is 2.03. The van der Waals surface area contributed by atoms with Gasteiger partial charge in [0.15, 0.2) is 5.84 Å². The highest BCUT2D eigenvalue weighted by molar-refractivity contribution is 7.99. The molecule has 1 unspecified atom stereocenters. The van der Waals surface area contributed by atoms with E-state index in [4.69, 9.17) is 22.5 Å². The Hall–Kier alpha value is -1.07. The maximum atomic E-state index is 8.64. The van der Waals surface area contributed by atoms with Gasteiger partial charge in [-0.3, -0.25) is 0 Å². The first-order valence-corrected chi connectivity index (χ1v) is 7.24. The van der Waals surface area contributed by atoms with Crippen LogP contribution >= 0.6 is 23.4 Å². The summed E-state index contributed by atoms with van der Waals surface area (Å²) in [5.41, 5.74) is 7.15. The van der Waals surface area contributed by atoms with E-state index in [1.807, 2.05) is 23.9 Å². The van der Waals surface area contributed by atoms with Gasteiger partial charge in [0.1, 0.15) is 0 Å². The summed E-state index contributed by atoms with van der Waals surface area (Å²) in [6.45, 7) is 0. The molecule has 0 aromatic heterocycles. The summed E-state index contributed by atoms with van der Waals surface area (Å²) in [6, 6.07) is 5.99. The average Bonchev–Trinajstić information content (AvgIpc) is 2.90. The van der Waals surface area contributed by atoms with Gasteiger partial charge in [-0.2, -0.15) is 11.8 Å². The lowest BCUT2D eigenvalue weighted by molar-refractivity contribution is 0.318. The Morgan fingerprint density at radius 2 is 2.39 bits per heavy atom. The minimum absolute atomic E-state index is 0.0718. The lowest BCUT2D eigenvalue weighted by Gasteiger charge is -2.27. The maximum absolute atomic E-state index is 8.64. The Labute approximate surface area is 116 Å². The fourth-order valence-corrected chi connectivity index (χ4v) is 3.62. The van der Waals surface area contributed by atoms with Crippen molar-refractivity contribution < 1.29 is 5.21 Å². The highest BCUT2D eigenvalue weighted by atomic mass is 35.5. The van der Waals surface area contributed by atoms with Gasteiger partial charge in [0.2, 0.25) is 0 Å². The van der Waals surface area contributed by atoms with Gasteiger partial charge in [0.25, 0.3) is 0 Å². The highest BCUT2D eigenvalue weighted by Gasteiger charge is 2.21. The number of thioether (sulfide) groups is 1. The number of rotatable bonds is 3. The SMILES string of the molecule is CN(c1ccc(C(N)=NO)cc1Cl)C1CCSC1. The molecular formula is C12H16ClN3OS. The van der Waals surface area contributed by atoms with Crippen molar-refractivity contribution in [3.05, 3.63) is 28.8 Å². The number of amidine groups is 1. The van der Waals surface area contributed by atoms with Crippen LogP contribution < -0.4 is 10.6 Å². The number of nitrogens with zero attached hydrogens (tertiary/aromatic N) is 2. The third-order valence-corrected chi connectivity index (χ3v) is 4.63. The highest BCUT2D eigenvalue weighted by Crippen LogP contribution is 2.31. The Bertz CT molecular complexity index is 461. The van der Waals surface area contributed by atoms with Crippen molar-refractivity contribution >= 4 is 34.9 Å². The first-order chi connectivity index (χ1) is 8.63. The van der Waals surface area contributed by atoms with Gasteiger partial charge in [-0.15, -0.1) is 0 Å². The van der Waals surface area contributed by atoms with Gasteiger partial charge in [-0.1, -0.05) is 16.8 Å². The molecule has 4 nitrogen and oxygen atoms in total. The van der Waals surface area contributed by atoms with Crippen molar-refractivity contribution in [1.82, 2.24) is 0 Å². The molecule has 0 saturated carbocycles. The zero-order valence-corrected chi connectivity index (χ0v) is 11.7. The Morgan fingerprint density at radius 1 is 1.61 bits per heavy atom. The van der Waals surface area contributed by atoms with Crippen molar-refractivity contribution in [3.63, 3.8) is 0 Å².